The standard InChI is InChI=1S/C24H31FN2O2/c1-16(2)21-7-6-8-22(17(3)4)24(21)26-23(29)13-14-27(18(5)28)15-19-9-11-20(25)12-10-19/h6-12,16-17H,13-15H2,1-5H3,(H,26,29). The van der Waals surface area contributed by atoms with Gasteiger partial charge in [-0.05, 0) is 40.7 Å². The number of amides is 2. The number of carbonyl (C=O) groups excluding carboxylic acids is 2. The van der Waals surface area contributed by atoms with Gasteiger partial charge in [-0.1, -0.05) is 58.0 Å². The molecule has 0 atom stereocenters. The van der Waals surface area contributed by atoms with Crippen LogP contribution >= 0.6 is 0 Å². The summed E-state index contributed by atoms with van der Waals surface area (Å²) in [4.78, 5) is 26.3. The van der Waals surface area contributed by atoms with E-state index in [9.17, 15) is 14.0 Å². The molecular weight excluding hydrogens is 367 g/mol. The third-order valence-corrected chi connectivity index (χ3v) is 4.98. The molecule has 2 rings (SSSR count). The Balaban J connectivity index is 2.08. The van der Waals surface area contributed by atoms with Gasteiger partial charge >= 0.3 is 0 Å². The molecule has 0 saturated heterocycles. The second-order valence-electron chi connectivity index (χ2n) is 7.99. The van der Waals surface area contributed by atoms with E-state index in [1.807, 2.05) is 18.2 Å². The Hall–Kier alpha value is -2.69. The average molecular weight is 399 g/mol. The van der Waals surface area contributed by atoms with Crippen molar-refractivity contribution in [1.82, 2.24) is 4.90 Å². The van der Waals surface area contributed by atoms with Gasteiger partial charge < -0.3 is 10.2 Å². The van der Waals surface area contributed by atoms with E-state index in [1.54, 1.807) is 17.0 Å². The number of anilines is 1. The lowest BCUT2D eigenvalue weighted by atomic mass is 9.92. The van der Waals surface area contributed by atoms with Crippen molar-refractivity contribution in [3.63, 3.8) is 0 Å². The number of nitrogens with one attached hydrogen (secondary N) is 1. The van der Waals surface area contributed by atoms with Gasteiger partial charge in [-0.15, -0.1) is 0 Å². The summed E-state index contributed by atoms with van der Waals surface area (Å²) in [6, 6.07) is 12.2. The van der Waals surface area contributed by atoms with E-state index in [0.29, 0.717) is 13.1 Å². The molecule has 29 heavy (non-hydrogen) atoms. The minimum absolute atomic E-state index is 0.118. The summed E-state index contributed by atoms with van der Waals surface area (Å²) in [5, 5.41) is 3.08. The lowest BCUT2D eigenvalue weighted by Gasteiger charge is -2.23. The minimum atomic E-state index is -0.313. The quantitative estimate of drug-likeness (QED) is 0.643. The second kappa shape index (κ2) is 10.2. The molecule has 0 bridgehead atoms. The SMILES string of the molecule is CC(=O)N(CCC(=O)Nc1c(C(C)C)cccc1C(C)C)Cc1ccc(F)cc1. The summed E-state index contributed by atoms with van der Waals surface area (Å²) in [7, 11) is 0. The van der Waals surface area contributed by atoms with Crippen molar-refractivity contribution in [3.8, 4) is 0 Å². The highest BCUT2D eigenvalue weighted by Gasteiger charge is 2.17. The Kier molecular flexibility index (Phi) is 7.94. The van der Waals surface area contributed by atoms with Crippen molar-refractivity contribution >= 4 is 17.5 Å². The van der Waals surface area contributed by atoms with Gasteiger partial charge in [-0.25, -0.2) is 4.39 Å². The number of rotatable bonds is 8. The highest BCUT2D eigenvalue weighted by atomic mass is 19.1. The predicted octanol–water partition coefficient (Wildman–Crippen LogP) is 5.45. The van der Waals surface area contributed by atoms with Gasteiger partial charge in [0.05, 0.1) is 0 Å². The maximum Gasteiger partial charge on any atom is 0.226 e. The van der Waals surface area contributed by atoms with E-state index in [2.05, 4.69) is 33.0 Å². The van der Waals surface area contributed by atoms with Crippen molar-refractivity contribution in [2.45, 2.75) is 59.4 Å². The number of para-hydroxylation sites is 1. The smallest absolute Gasteiger partial charge is 0.226 e. The maximum atomic E-state index is 13.1. The first kappa shape index (κ1) is 22.6. The van der Waals surface area contributed by atoms with Gasteiger partial charge in [0.25, 0.3) is 0 Å². The molecular formula is C24H31FN2O2. The molecule has 1 N–H and O–H groups in total. The molecule has 4 nitrogen and oxygen atoms in total. The Morgan fingerprint density at radius 3 is 2.00 bits per heavy atom. The van der Waals surface area contributed by atoms with Crippen LogP contribution in [-0.4, -0.2) is 23.3 Å². The van der Waals surface area contributed by atoms with E-state index < -0.39 is 0 Å². The molecule has 0 heterocycles. The third kappa shape index (κ3) is 6.41. The van der Waals surface area contributed by atoms with Crippen LogP contribution < -0.4 is 5.32 Å². The molecule has 2 aromatic rings. The van der Waals surface area contributed by atoms with Gasteiger partial charge in [0.2, 0.25) is 11.8 Å². The molecule has 0 aliphatic carbocycles. The molecule has 2 amide bonds. The summed E-state index contributed by atoms with van der Waals surface area (Å²) in [5.41, 5.74) is 3.93. The summed E-state index contributed by atoms with van der Waals surface area (Å²) in [5.74, 6) is 0.0256. The maximum absolute atomic E-state index is 13.1. The van der Waals surface area contributed by atoms with E-state index in [0.717, 1.165) is 22.4 Å². The number of hydrogen-bond acceptors (Lipinski definition) is 2. The van der Waals surface area contributed by atoms with Gasteiger partial charge in [0.15, 0.2) is 0 Å². The molecule has 0 aromatic heterocycles. The summed E-state index contributed by atoms with van der Waals surface area (Å²) in [6.07, 6.45) is 0.199. The molecule has 0 aliphatic heterocycles. The zero-order valence-corrected chi connectivity index (χ0v) is 18.0. The van der Waals surface area contributed by atoms with E-state index in [1.165, 1.54) is 19.1 Å². The van der Waals surface area contributed by atoms with Gasteiger partial charge in [-0.2, -0.15) is 0 Å². The van der Waals surface area contributed by atoms with Crippen LogP contribution in [0.25, 0.3) is 0 Å². The topological polar surface area (TPSA) is 49.4 Å². The second-order valence-corrected chi connectivity index (χ2v) is 7.99. The number of halogens is 1. The molecule has 0 unspecified atom stereocenters. The average Bonchev–Trinajstić information content (AvgIpc) is 2.66. The Morgan fingerprint density at radius 2 is 1.52 bits per heavy atom. The Bertz CT molecular complexity index is 818. The molecule has 2 aromatic carbocycles. The Labute approximate surface area is 173 Å². The first-order valence-corrected chi connectivity index (χ1v) is 10.1. The lowest BCUT2D eigenvalue weighted by molar-refractivity contribution is -0.129. The first-order valence-electron chi connectivity index (χ1n) is 10.1. The summed E-state index contributed by atoms with van der Waals surface area (Å²) >= 11 is 0. The van der Waals surface area contributed by atoms with Crippen LogP contribution in [0.3, 0.4) is 0 Å². The highest BCUT2D eigenvalue weighted by Crippen LogP contribution is 2.32. The van der Waals surface area contributed by atoms with E-state index >= 15 is 0 Å². The van der Waals surface area contributed by atoms with Gasteiger partial charge in [0.1, 0.15) is 5.82 Å². The van der Waals surface area contributed by atoms with Crippen LogP contribution in [0, 0.1) is 5.82 Å². The monoisotopic (exact) mass is 398 g/mol. The molecule has 156 valence electrons. The molecule has 0 fully saturated rings. The fourth-order valence-electron chi connectivity index (χ4n) is 3.29. The zero-order chi connectivity index (χ0) is 21.6. The van der Waals surface area contributed by atoms with Crippen molar-refractivity contribution in [2.75, 3.05) is 11.9 Å². The summed E-state index contributed by atoms with van der Waals surface area (Å²) < 4.78 is 13.1. The molecule has 0 saturated carbocycles. The van der Waals surface area contributed by atoms with Crippen LogP contribution in [0.5, 0.6) is 0 Å². The number of benzene rings is 2. The normalized spacial score (nSPS) is 11.0. The fourth-order valence-corrected chi connectivity index (χ4v) is 3.29. The van der Waals surface area contributed by atoms with Gasteiger partial charge in [-0.3, -0.25) is 9.59 Å². The lowest BCUT2D eigenvalue weighted by Crippen LogP contribution is -2.31. The van der Waals surface area contributed by atoms with E-state index in [-0.39, 0.29) is 35.9 Å². The van der Waals surface area contributed by atoms with Crippen molar-refractivity contribution in [2.24, 2.45) is 0 Å². The van der Waals surface area contributed by atoms with Crippen LogP contribution in [-0.2, 0) is 16.1 Å². The van der Waals surface area contributed by atoms with Crippen LogP contribution in [0.1, 0.15) is 69.6 Å². The fraction of sp³-hybridized carbons (Fsp3) is 0.417. The Morgan fingerprint density at radius 1 is 0.966 bits per heavy atom. The van der Waals surface area contributed by atoms with Gasteiger partial charge in [0, 0.05) is 32.1 Å². The van der Waals surface area contributed by atoms with Crippen molar-refractivity contribution in [3.05, 3.63) is 65.0 Å². The summed E-state index contributed by atoms with van der Waals surface area (Å²) in [6.45, 7) is 10.6. The van der Waals surface area contributed by atoms with E-state index in [4.69, 9.17) is 0 Å². The molecule has 5 heteroatoms. The number of hydrogen-bond donors (Lipinski definition) is 1. The predicted molar refractivity (Wildman–Crippen MR) is 115 cm³/mol. The van der Waals surface area contributed by atoms with Crippen LogP contribution in [0.15, 0.2) is 42.5 Å². The highest BCUT2D eigenvalue weighted by molar-refractivity contribution is 5.93. The van der Waals surface area contributed by atoms with Crippen molar-refractivity contribution < 1.29 is 14.0 Å². The minimum Gasteiger partial charge on any atom is -0.338 e. The first-order chi connectivity index (χ1) is 13.7. The third-order valence-electron chi connectivity index (χ3n) is 4.98. The molecule has 0 aliphatic rings. The number of nitrogens with zero attached hydrogens (tertiary/aromatic N) is 1. The zero-order valence-electron chi connectivity index (χ0n) is 18.0. The molecule has 0 radical (unpaired) electrons. The van der Waals surface area contributed by atoms with Crippen LogP contribution in [0.2, 0.25) is 0 Å². The largest absolute Gasteiger partial charge is 0.338 e. The van der Waals surface area contributed by atoms with Crippen LogP contribution in [0.4, 0.5) is 10.1 Å². The van der Waals surface area contributed by atoms with Crippen molar-refractivity contribution in [1.29, 1.82) is 0 Å². The number of carbonyl (C=O) groups is 2. The molecule has 0 spiro atoms.